The van der Waals surface area contributed by atoms with Crippen molar-refractivity contribution in [2.45, 2.75) is 26.9 Å². The van der Waals surface area contributed by atoms with E-state index in [0.29, 0.717) is 20.7 Å². The molecular weight excluding hydrogens is 434 g/mol. The fourth-order valence-corrected chi connectivity index (χ4v) is 4.25. The fraction of sp³-hybridized carbons (Fsp3) is 0.261. The summed E-state index contributed by atoms with van der Waals surface area (Å²) < 4.78 is 16.5. The molecule has 1 heterocycles. The van der Waals surface area contributed by atoms with Crippen LogP contribution in [0.4, 0.5) is 5.69 Å². The molecule has 0 spiro atoms. The highest BCUT2D eigenvalue weighted by Crippen LogP contribution is 2.38. The number of aryl methyl sites for hydroxylation is 1. The molecule has 0 saturated carbocycles. The minimum Gasteiger partial charge on any atom is -0.493 e. The molecule has 31 heavy (non-hydrogen) atoms. The van der Waals surface area contributed by atoms with Crippen LogP contribution in [0.25, 0.3) is 6.08 Å². The normalized spacial score (nSPS) is 15.0. The van der Waals surface area contributed by atoms with Gasteiger partial charge in [0.1, 0.15) is 0 Å². The van der Waals surface area contributed by atoms with Crippen LogP contribution in [0.1, 0.15) is 25.0 Å². The van der Waals surface area contributed by atoms with Crippen LogP contribution < -0.4 is 14.4 Å². The van der Waals surface area contributed by atoms with Gasteiger partial charge in [0.2, 0.25) is 0 Å². The van der Waals surface area contributed by atoms with E-state index in [4.69, 9.17) is 26.4 Å². The van der Waals surface area contributed by atoms with Gasteiger partial charge in [-0.15, -0.1) is 0 Å². The smallest absolute Gasteiger partial charge is 0.344 e. The van der Waals surface area contributed by atoms with Crippen molar-refractivity contribution in [2.24, 2.45) is 0 Å². The highest BCUT2D eigenvalue weighted by atomic mass is 32.2. The minimum atomic E-state index is -0.457. The maximum absolute atomic E-state index is 13.0. The second kappa shape index (κ2) is 9.98. The van der Waals surface area contributed by atoms with Gasteiger partial charge in [-0.3, -0.25) is 9.69 Å². The molecule has 0 atom stereocenters. The average molecular weight is 458 g/mol. The van der Waals surface area contributed by atoms with Crippen LogP contribution in [-0.2, 0) is 14.3 Å². The standard InChI is InChI=1S/C23H23NO5S2/c1-14(2)29-21(25)13-28-18-10-9-16(11-19(18)27-4)12-20-22(26)24(23(30)31-20)17-8-6-5-7-15(17)3/h5-12,14H,13H2,1-4H3/b20-12-. The number of para-hydroxylation sites is 1. The molecule has 8 heteroatoms. The van der Waals surface area contributed by atoms with E-state index >= 15 is 0 Å². The molecule has 1 aliphatic heterocycles. The van der Waals surface area contributed by atoms with Gasteiger partial charge in [0.05, 0.1) is 23.8 Å². The van der Waals surface area contributed by atoms with Crippen LogP contribution in [-0.4, -0.2) is 36.0 Å². The van der Waals surface area contributed by atoms with Gasteiger partial charge < -0.3 is 14.2 Å². The number of anilines is 1. The Balaban J connectivity index is 1.79. The molecule has 0 aromatic heterocycles. The third kappa shape index (κ3) is 5.45. The Morgan fingerprint density at radius 1 is 1.19 bits per heavy atom. The maximum atomic E-state index is 13.0. The molecule has 6 nitrogen and oxygen atoms in total. The summed E-state index contributed by atoms with van der Waals surface area (Å²) in [5.41, 5.74) is 2.50. The number of rotatable bonds is 7. The van der Waals surface area contributed by atoms with Crippen LogP contribution in [0, 0.1) is 6.92 Å². The SMILES string of the molecule is COc1cc(/C=C2\SC(=S)N(c3ccccc3C)C2=O)ccc1OCC(=O)OC(C)C. The number of carbonyl (C=O) groups excluding carboxylic acids is 2. The Hall–Kier alpha value is -2.84. The number of amides is 1. The third-order valence-corrected chi connectivity index (χ3v) is 5.65. The molecule has 0 N–H and O–H groups in total. The summed E-state index contributed by atoms with van der Waals surface area (Å²) in [4.78, 5) is 26.8. The summed E-state index contributed by atoms with van der Waals surface area (Å²) in [7, 11) is 1.51. The predicted octanol–water partition coefficient (Wildman–Crippen LogP) is 4.74. The highest BCUT2D eigenvalue weighted by Gasteiger charge is 2.34. The van der Waals surface area contributed by atoms with Crippen molar-refractivity contribution < 1.29 is 23.8 Å². The van der Waals surface area contributed by atoms with E-state index in [-0.39, 0.29) is 18.6 Å². The van der Waals surface area contributed by atoms with Gasteiger partial charge in [-0.2, -0.15) is 0 Å². The van der Waals surface area contributed by atoms with Crippen LogP contribution in [0.2, 0.25) is 0 Å². The predicted molar refractivity (Wildman–Crippen MR) is 127 cm³/mol. The number of esters is 1. The molecule has 0 radical (unpaired) electrons. The number of thioether (sulfide) groups is 1. The van der Waals surface area contributed by atoms with Crippen LogP contribution in [0.3, 0.4) is 0 Å². The van der Waals surface area contributed by atoms with Crippen LogP contribution in [0.15, 0.2) is 47.4 Å². The molecule has 1 amide bonds. The topological polar surface area (TPSA) is 65.1 Å². The van der Waals surface area contributed by atoms with E-state index in [1.165, 1.54) is 18.9 Å². The molecule has 162 valence electrons. The molecule has 3 rings (SSSR count). The number of hydrogen-bond donors (Lipinski definition) is 0. The van der Waals surface area contributed by atoms with Crippen molar-refractivity contribution in [3.63, 3.8) is 0 Å². The Bertz CT molecular complexity index is 1050. The van der Waals surface area contributed by atoms with Crippen molar-refractivity contribution in [1.29, 1.82) is 0 Å². The first-order valence-corrected chi connectivity index (χ1v) is 10.9. The van der Waals surface area contributed by atoms with E-state index in [0.717, 1.165) is 16.8 Å². The van der Waals surface area contributed by atoms with E-state index in [9.17, 15) is 9.59 Å². The van der Waals surface area contributed by atoms with Gasteiger partial charge in [0.25, 0.3) is 5.91 Å². The fourth-order valence-electron chi connectivity index (χ4n) is 2.97. The molecule has 0 bridgehead atoms. The molecule has 2 aromatic carbocycles. The number of benzene rings is 2. The Kier molecular flexibility index (Phi) is 7.35. The molecule has 1 aliphatic rings. The Morgan fingerprint density at radius 3 is 2.61 bits per heavy atom. The van der Waals surface area contributed by atoms with Crippen molar-refractivity contribution >= 4 is 51.9 Å². The van der Waals surface area contributed by atoms with Crippen molar-refractivity contribution in [3.8, 4) is 11.5 Å². The number of carbonyl (C=O) groups is 2. The lowest BCUT2D eigenvalue weighted by Crippen LogP contribution is -2.28. The molecule has 1 fully saturated rings. The highest BCUT2D eigenvalue weighted by molar-refractivity contribution is 8.27. The van der Waals surface area contributed by atoms with Gasteiger partial charge in [-0.1, -0.05) is 48.2 Å². The zero-order valence-corrected chi connectivity index (χ0v) is 19.3. The Labute approximate surface area is 191 Å². The van der Waals surface area contributed by atoms with E-state index in [2.05, 4.69) is 0 Å². The first-order valence-electron chi connectivity index (χ1n) is 9.64. The largest absolute Gasteiger partial charge is 0.493 e. The number of methoxy groups -OCH3 is 1. The number of thiocarbonyl (C=S) groups is 1. The quantitative estimate of drug-likeness (QED) is 0.338. The zero-order chi connectivity index (χ0) is 22.5. The second-order valence-electron chi connectivity index (χ2n) is 7.04. The van der Waals surface area contributed by atoms with Gasteiger partial charge >= 0.3 is 5.97 Å². The molecular formula is C23H23NO5S2. The molecule has 2 aromatic rings. The first kappa shape index (κ1) is 22.8. The van der Waals surface area contributed by atoms with Gasteiger partial charge in [0, 0.05) is 0 Å². The second-order valence-corrected chi connectivity index (χ2v) is 8.72. The summed E-state index contributed by atoms with van der Waals surface area (Å²) in [6, 6.07) is 12.8. The van der Waals surface area contributed by atoms with Crippen LogP contribution in [0.5, 0.6) is 11.5 Å². The molecule has 0 aliphatic carbocycles. The lowest BCUT2D eigenvalue weighted by molar-refractivity contribution is -0.149. The lowest BCUT2D eigenvalue weighted by Gasteiger charge is -2.16. The number of hydrogen-bond acceptors (Lipinski definition) is 7. The zero-order valence-electron chi connectivity index (χ0n) is 17.7. The summed E-state index contributed by atoms with van der Waals surface area (Å²) in [5, 5.41) is 0. The summed E-state index contributed by atoms with van der Waals surface area (Å²) in [6.07, 6.45) is 1.55. The molecule has 0 unspecified atom stereocenters. The van der Waals surface area contributed by atoms with E-state index in [1.807, 2.05) is 31.2 Å². The van der Waals surface area contributed by atoms with Crippen molar-refractivity contribution in [2.75, 3.05) is 18.6 Å². The summed E-state index contributed by atoms with van der Waals surface area (Å²) >= 11 is 6.70. The van der Waals surface area contributed by atoms with Crippen LogP contribution >= 0.6 is 24.0 Å². The average Bonchev–Trinajstić information content (AvgIpc) is 2.99. The lowest BCUT2D eigenvalue weighted by atomic mass is 10.1. The third-order valence-electron chi connectivity index (χ3n) is 4.35. The number of nitrogens with zero attached hydrogens (tertiary/aromatic N) is 1. The molecule has 1 saturated heterocycles. The van der Waals surface area contributed by atoms with E-state index < -0.39 is 5.97 Å². The van der Waals surface area contributed by atoms with Gasteiger partial charge in [0.15, 0.2) is 22.4 Å². The van der Waals surface area contributed by atoms with Gasteiger partial charge in [-0.25, -0.2) is 4.79 Å². The van der Waals surface area contributed by atoms with Crippen molar-refractivity contribution in [3.05, 3.63) is 58.5 Å². The van der Waals surface area contributed by atoms with Crippen molar-refractivity contribution in [1.82, 2.24) is 0 Å². The number of ether oxygens (including phenoxy) is 3. The van der Waals surface area contributed by atoms with Gasteiger partial charge in [-0.05, 0) is 56.2 Å². The Morgan fingerprint density at radius 2 is 1.94 bits per heavy atom. The maximum Gasteiger partial charge on any atom is 0.344 e. The summed E-state index contributed by atoms with van der Waals surface area (Å²) in [5.74, 6) is 0.231. The monoisotopic (exact) mass is 457 g/mol. The first-order chi connectivity index (χ1) is 14.8. The minimum absolute atomic E-state index is 0.167. The summed E-state index contributed by atoms with van der Waals surface area (Å²) in [6.45, 7) is 5.27. The van der Waals surface area contributed by atoms with E-state index in [1.54, 1.807) is 43.0 Å².